The summed E-state index contributed by atoms with van der Waals surface area (Å²) in [5.41, 5.74) is 0.789. The van der Waals surface area contributed by atoms with Crippen molar-refractivity contribution in [3.63, 3.8) is 0 Å². The quantitative estimate of drug-likeness (QED) is 0.758. The number of nitrogens with one attached hydrogen (secondary N) is 1. The van der Waals surface area contributed by atoms with Crippen molar-refractivity contribution in [3.8, 4) is 0 Å². The van der Waals surface area contributed by atoms with Crippen LogP contribution in [0.4, 0.5) is 5.95 Å². The molecule has 0 saturated heterocycles. The molecule has 4 heteroatoms. The molecule has 1 aromatic rings. The standard InChI is InChI=1S/C10H17N3O/c1-8-4-5-11-9(13-8)12-6-10(2,3)7-14/h4-5,14H,6-7H2,1-3H3,(H,11,12,13). The van der Waals surface area contributed by atoms with Gasteiger partial charge in [-0.2, -0.15) is 0 Å². The number of aromatic nitrogens is 2. The van der Waals surface area contributed by atoms with Gasteiger partial charge in [-0.1, -0.05) is 13.8 Å². The molecule has 0 radical (unpaired) electrons. The van der Waals surface area contributed by atoms with Crippen molar-refractivity contribution in [2.45, 2.75) is 20.8 Å². The predicted octanol–water partition coefficient (Wildman–Crippen LogP) is 1.22. The zero-order valence-electron chi connectivity index (χ0n) is 8.91. The van der Waals surface area contributed by atoms with Gasteiger partial charge in [0.1, 0.15) is 0 Å². The molecule has 0 aliphatic carbocycles. The molecular formula is C10H17N3O. The van der Waals surface area contributed by atoms with E-state index in [4.69, 9.17) is 5.11 Å². The maximum atomic E-state index is 9.05. The minimum Gasteiger partial charge on any atom is -0.396 e. The van der Waals surface area contributed by atoms with Crippen LogP contribution in [-0.2, 0) is 0 Å². The van der Waals surface area contributed by atoms with Gasteiger partial charge in [0.15, 0.2) is 0 Å². The lowest BCUT2D eigenvalue weighted by Crippen LogP contribution is -2.27. The molecule has 0 saturated carbocycles. The summed E-state index contributed by atoms with van der Waals surface area (Å²) in [5, 5.41) is 12.1. The molecule has 0 spiro atoms. The number of hydrogen-bond acceptors (Lipinski definition) is 4. The summed E-state index contributed by atoms with van der Waals surface area (Å²) in [6, 6.07) is 1.85. The molecule has 0 unspecified atom stereocenters. The molecule has 0 aromatic carbocycles. The van der Waals surface area contributed by atoms with Crippen LogP contribution in [-0.4, -0.2) is 28.2 Å². The second kappa shape index (κ2) is 4.37. The number of nitrogens with zero attached hydrogens (tertiary/aromatic N) is 2. The predicted molar refractivity (Wildman–Crippen MR) is 56.1 cm³/mol. The van der Waals surface area contributed by atoms with E-state index in [2.05, 4.69) is 15.3 Å². The lowest BCUT2D eigenvalue weighted by Gasteiger charge is -2.21. The molecule has 0 atom stereocenters. The largest absolute Gasteiger partial charge is 0.396 e. The lowest BCUT2D eigenvalue weighted by molar-refractivity contribution is 0.170. The summed E-state index contributed by atoms with van der Waals surface area (Å²) < 4.78 is 0. The Morgan fingerprint density at radius 1 is 1.50 bits per heavy atom. The smallest absolute Gasteiger partial charge is 0.222 e. The second-order valence-corrected chi connectivity index (χ2v) is 4.20. The van der Waals surface area contributed by atoms with Crippen molar-refractivity contribution in [1.29, 1.82) is 0 Å². The Bertz CT molecular complexity index is 299. The molecule has 4 nitrogen and oxygen atoms in total. The molecule has 0 bridgehead atoms. The van der Waals surface area contributed by atoms with Gasteiger partial charge < -0.3 is 10.4 Å². The number of hydrogen-bond donors (Lipinski definition) is 2. The van der Waals surface area contributed by atoms with Crippen LogP contribution in [0.1, 0.15) is 19.5 Å². The summed E-state index contributed by atoms with van der Waals surface area (Å²) in [6.07, 6.45) is 1.72. The van der Waals surface area contributed by atoms with E-state index >= 15 is 0 Å². The second-order valence-electron chi connectivity index (χ2n) is 4.20. The normalized spacial score (nSPS) is 11.4. The lowest BCUT2D eigenvalue weighted by atomic mass is 9.95. The van der Waals surface area contributed by atoms with Crippen LogP contribution < -0.4 is 5.32 Å². The summed E-state index contributed by atoms with van der Waals surface area (Å²) in [6.45, 7) is 6.69. The van der Waals surface area contributed by atoms with E-state index in [0.29, 0.717) is 12.5 Å². The van der Waals surface area contributed by atoms with E-state index in [1.165, 1.54) is 0 Å². The van der Waals surface area contributed by atoms with E-state index in [1.807, 2.05) is 26.8 Å². The summed E-state index contributed by atoms with van der Waals surface area (Å²) in [4.78, 5) is 8.28. The van der Waals surface area contributed by atoms with E-state index < -0.39 is 0 Å². The molecule has 0 aliphatic heterocycles. The average molecular weight is 195 g/mol. The van der Waals surface area contributed by atoms with E-state index in [9.17, 15) is 0 Å². The first-order chi connectivity index (χ1) is 6.53. The zero-order valence-corrected chi connectivity index (χ0v) is 8.91. The van der Waals surface area contributed by atoms with Crippen molar-refractivity contribution in [1.82, 2.24) is 9.97 Å². The van der Waals surface area contributed by atoms with Gasteiger partial charge in [0.2, 0.25) is 5.95 Å². The number of aryl methyl sites for hydroxylation is 1. The van der Waals surface area contributed by atoms with Gasteiger partial charge in [0, 0.05) is 30.5 Å². The Labute approximate surface area is 84.4 Å². The fraction of sp³-hybridized carbons (Fsp3) is 0.600. The zero-order chi connectivity index (χ0) is 10.6. The van der Waals surface area contributed by atoms with Crippen LogP contribution in [0, 0.1) is 12.3 Å². The van der Waals surface area contributed by atoms with Crippen LogP contribution in [0.5, 0.6) is 0 Å². The Balaban J connectivity index is 2.54. The van der Waals surface area contributed by atoms with Crippen molar-refractivity contribution in [2.75, 3.05) is 18.5 Å². The molecule has 14 heavy (non-hydrogen) atoms. The first kappa shape index (κ1) is 10.9. The molecule has 0 fully saturated rings. The van der Waals surface area contributed by atoms with Crippen molar-refractivity contribution in [2.24, 2.45) is 5.41 Å². The number of anilines is 1. The Kier molecular flexibility index (Phi) is 3.41. The third kappa shape index (κ3) is 3.30. The van der Waals surface area contributed by atoms with Crippen molar-refractivity contribution in [3.05, 3.63) is 18.0 Å². The molecule has 1 aromatic heterocycles. The highest BCUT2D eigenvalue weighted by Crippen LogP contribution is 2.13. The number of aliphatic hydroxyl groups is 1. The highest BCUT2D eigenvalue weighted by atomic mass is 16.3. The SMILES string of the molecule is Cc1ccnc(NCC(C)(C)CO)n1. The first-order valence-electron chi connectivity index (χ1n) is 4.68. The van der Waals surface area contributed by atoms with Gasteiger partial charge in [-0.3, -0.25) is 0 Å². The van der Waals surface area contributed by atoms with Gasteiger partial charge in [-0.15, -0.1) is 0 Å². The number of aliphatic hydroxyl groups excluding tert-OH is 1. The fourth-order valence-corrected chi connectivity index (χ4v) is 0.908. The fourth-order valence-electron chi connectivity index (χ4n) is 0.908. The van der Waals surface area contributed by atoms with Crippen LogP contribution in [0.25, 0.3) is 0 Å². The van der Waals surface area contributed by atoms with Gasteiger partial charge in [0.25, 0.3) is 0 Å². The van der Waals surface area contributed by atoms with Crippen LogP contribution >= 0.6 is 0 Å². The van der Waals surface area contributed by atoms with Gasteiger partial charge >= 0.3 is 0 Å². The number of rotatable bonds is 4. The molecule has 2 N–H and O–H groups in total. The minimum atomic E-state index is -0.146. The third-order valence-electron chi connectivity index (χ3n) is 1.95. The molecule has 1 rings (SSSR count). The first-order valence-corrected chi connectivity index (χ1v) is 4.68. The van der Waals surface area contributed by atoms with Gasteiger partial charge in [-0.25, -0.2) is 9.97 Å². The van der Waals surface area contributed by atoms with Crippen LogP contribution in [0.15, 0.2) is 12.3 Å². The van der Waals surface area contributed by atoms with E-state index in [0.717, 1.165) is 5.69 Å². The summed E-state index contributed by atoms with van der Waals surface area (Å²) >= 11 is 0. The molecule has 78 valence electrons. The minimum absolute atomic E-state index is 0.145. The van der Waals surface area contributed by atoms with Crippen molar-refractivity contribution >= 4 is 5.95 Å². The molecule has 0 aliphatic rings. The average Bonchev–Trinajstić information content (AvgIpc) is 2.15. The molecule has 0 amide bonds. The van der Waals surface area contributed by atoms with E-state index in [1.54, 1.807) is 6.20 Å². The van der Waals surface area contributed by atoms with E-state index in [-0.39, 0.29) is 12.0 Å². The maximum Gasteiger partial charge on any atom is 0.222 e. The van der Waals surface area contributed by atoms with Crippen molar-refractivity contribution < 1.29 is 5.11 Å². The third-order valence-corrected chi connectivity index (χ3v) is 1.95. The molecule has 1 heterocycles. The summed E-state index contributed by atoms with van der Waals surface area (Å²) in [5.74, 6) is 0.617. The monoisotopic (exact) mass is 195 g/mol. The molecular weight excluding hydrogens is 178 g/mol. The van der Waals surface area contributed by atoms with Crippen LogP contribution in [0.3, 0.4) is 0 Å². The summed E-state index contributed by atoms with van der Waals surface area (Å²) in [7, 11) is 0. The van der Waals surface area contributed by atoms with Gasteiger partial charge in [-0.05, 0) is 13.0 Å². The maximum absolute atomic E-state index is 9.05. The Hall–Kier alpha value is -1.16. The topological polar surface area (TPSA) is 58.0 Å². The Morgan fingerprint density at radius 3 is 2.79 bits per heavy atom. The highest BCUT2D eigenvalue weighted by Gasteiger charge is 2.16. The van der Waals surface area contributed by atoms with Crippen LogP contribution in [0.2, 0.25) is 0 Å². The Morgan fingerprint density at radius 2 is 2.21 bits per heavy atom. The highest BCUT2D eigenvalue weighted by molar-refractivity contribution is 5.24. The van der Waals surface area contributed by atoms with Gasteiger partial charge in [0.05, 0.1) is 0 Å².